The average molecular weight is 241 g/mol. The lowest BCUT2D eigenvalue weighted by atomic mass is 10.1. The number of hydrogen-bond donors (Lipinski definition) is 2. The highest BCUT2D eigenvalue weighted by atomic mass is 16.5. The van der Waals surface area contributed by atoms with E-state index in [1.54, 1.807) is 13.3 Å². The Kier molecular flexibility index (Phi) is 5.61. The quantitative estimate of drug-likeness (QED) is 0.660. The van der Waals surface area contributed by atoms with Gasteiger partial charge >= 0.3 is 0 Å². The maximum atomic E-state index is 9.69. The lowest BCUT2D eigenvalue weighted by Gasteiger charge is -2.18. The van der Waals surface area contributed by atoms with Crippen molar-refractivity contribution in [3.05, 3.63) is 18.2 Å². The molecular weight excluding hydrogens is 218 g/mol. The molecule has 17 heavy (non-hydrogen) atoms. The number of aryl methyl sites for hydroxylation is 1. The van der Waals surface area contributed by atoms with E-state index >= 15 is 0 Å². The highest BCUT2D eigenvalue weighted by molar-refractivity contribution is 4.92. The predicted molar refractivity (Wildman–Crippen MR) is 66.7 cm³/mol. The van der Waals surface area contributed by atoms with E-state index < -0.39 is 5.60 Å². The van der Waals surface area contributed by atoms with Crippen molar-refractivity contribution in [3.63, 3.8) is 0 Å². The first kappa shape index (κ1) is 14.2. The van der Waals surface area contributed by atoms with Crippen molar-refractivity contribution in [3.8, 4) is 0 Å². The summed E-state index contributed by atoms with van der Waals surface area (Å²) in [5.74, 6) is 0.991. The normalized spacial score (nSPS) is 12.0. The van der Waals surface area contributed by atoms with Crippen molar-refractivity contribution in [2.75, 3.05) is 20.3 Å². The number of imidazole rings is 1. The number of ether oxygens (including phenoxy) is 1. The number of aromatic nitrogens is 2. The van der Waals surface area contributed by atoms with E-state index in [9.17, 15) is 5.11 Å². The summed E-state index contributed by atoms with van der Waals surface area (Å²) in [5.41, 5.74) is -0.634. The zero-order valence-electron chi connectivity index (χ0n) is 10.9. The Labute approximate surface area is 103 Å². The summed E-state index contributed by atoms with van der Waals surface area (Å²) in [6.45, 7) is 6.66. The first-order valence-electron chi connectivity index (χ1n) is 5.95. The number of rotatable bonds is 8. The molecule has 0 aliphatic rings. The molecule has 0 aliphatic carbocycles. The van der Waals surface area contributed by atoms with E-state index in [1.807, 2.05) is 20.0 Å². The van der Waals surface area contributed by atoms with Crippen LogP contribution in [0.1, 0.15) is 26.1 Å². The number of aliphatic hydroxyl groups is 1. The third-order valence-corrected chi connectivity index (χ3v) is 2.53. The first-order chi connectivity index (χ1) is 8.03. The zero-order chi connectivity index (χ0) is 12.7. The molecule has 5 heteroatoms. The Balaban J connectivity index is 2.37. The predicted octanol–water partition coefficient (Wildman–Crippen LogP) is 0.780. The molecule has 0 saturated carbocycles. The smallest absolute Gasteiger partial charge is 0.122 e. The summed E-state index contributed by atoms with van der Waals surface area (Å²) < 4.78 is 7.03. The number of methoxy groups -OCH3 is 1. The molecule has 0 fully saturated rings. The molecule has 0 saturated heterocycles. The fourth-order valence-electron chi connectivity index (χ4n) is 1.48. The molecule has 1 aromatic rings. The van der Waals surface area contributed by atoms with Gasteiger partial charge in [-0.2, -0.15) is 0 Å². The SMILES string of the molecule is COCCNCc1nccn1CCC(C)(C)O. The molecule has 0 amide bonds. The molecule has 1 heterocycles. The number of hydrogen-bond acceptors (Lipinski definition) is 4. The number of nitrogens with one attached hydrogen (secondary N) is 1. The van der Waals surface area contributed by atoms with Gasteiger partial charge in [-0.1, -0.05) is 0 Å². The standard InChI is InChI=1S/C12H23N3O2/c1-12(2,16)4-7-15-8-5-14-11(15)10-13-6-9-17-3/h5,8,13,16H,4,6-7,9-10H2,1-3H3. The summed E-state index contributed by atoms with van der Waals surface area (Å²) >= 11 is 0. The van der Waals surface area contributed by atoms with Crippen LogP contribution < -0.4 is 5.32 Å². The van der Waals surface area contributed by atoms with E-state index in [2.05, 4.69) is 14.9 Å². The van der Waals surface area contributed by atoms with Gasteiger partial charge in [0.1, 0.15) is 5.82 Å². The second kappa shape index (κ2) is 6.74. The monoisotopic (exact) mass is 241 g/mol. The molecule has 5 nitrogen and oxygen atoms in total. The minimum Gasteiger partial charge on any atom is -0.390 e. The molecule has 0 atom stereocenters. The largest absolute Gasteiger partial charge is 0.390 e. The topological polar surface area (TPSA) is 59.3 Å². The number of nitrogens with zero attached hydrogens (tertiary/aromatic N) is 2. The molecule has 2 N–H and O–H groups in total. The van der Waals surface area contributed by atoms with E-state index in [-0.39, 0.29) is 0 Å². The summed E-state index contributed by atoms with van der Waals surface area (Å²) in [4.78, 5) is 4.29. The van der Waals surface area contributed by atoms with Gasteiger partial charge in [0.05, 0.1) is 18.8 Å². The third kappa shape index (κ3) is 5.81. The van der Waals surface area contributed by atoms with Crippen LogP contribution in [0, 0.1) is 0 Å². The van der Waals surface area contributed by atoms with Gasteiger partial charge in [-0.3, -0.25) is 0 Å². The minimum absolute atomic E-state index is 0.634. The van der Waals surface area contributed by atoms with Gasteiger partial charge in [0.15, 0.2) is 0 Å². The van der Waals surface area contributed by atoms with Crippen molar-refractivity contribution in [2.45, 2.75) is 39.0 Å². The lowest BCUT2D eigenvalue weighted by Crippen LogP contribution is -2.24. The van der Waals surface area contributed by atoms with E-state index in [0.717, 1.165) is 25.5 Å². The molecule has 0 unspecified atom stereocenters. The molecule has 0 bridgehead atoms. The van der Waals surface area contributed by atoms with Gasteiger partial charge in [0.25, 0.3) is 0 Å². The van der Waals surface area contributed by atoms with Crippen LogP contribution in [0.2, 0.25) is 0 Å². The molecule has 0 spiro atoms. The van der Waals surface area contributed by atoms with Gasteiger partial charge < -0.3 is 19.7 Å². The zero-order valence-corrected chi connectivity index (χ0v) is 10.9. The summed E-state index contributed by atoms with van der Waals surface area (Å²) in [6.07, 6.45) is 4.45. The highest BCUT2D eigenvalue weighted by Gasteiger charge is 2.13. The molecular formula is C12H23N3O2. The van der Waals surface area contributed by atoms with E-state index in [0.29, 0.717) is 13.0 Å². The van der Waals surface area contributed by atoms with Crippen molar-refractivity contribution in [1.82, 2.24) is 14.9 Å². The van der Waals surface area contributed by atoms with Crippen molar-refractivity contribution in [1.29, 1.82) is 0 Å². The Hall–Kier alpha value is -0.910. The molecule has 1 aromatic heterocycles. The van der Waals surface area contributed by atoms with Gasteiger partial charge in [-0.25, -0.2) is 4.98 Å². The summed E-state index contributed by atoms with van der Waals surface area (Å²) in [6, 6.07) is 0. The molecule has 0 aromatic carbocycles. The van der Waals surface area contributed by atoms with Crippen LogP contribution in [-0.4, -0.2) is 40.5 Å². The van der Waals surface area contributed by atoms with Gasteiger partial charge in [-0.05, 0) is 20.3 Å². The molecule has 98 valence electrons. The van der Waals surface area contributed by atoms with Crippen molar-refractivity contribution < 1.29 is 9.84 Å². The molecule has 0 aliphatic heterocycles. The van der Waals surface area contributed by atoms with Crippen LogP contribution in [0.4, 0.5) is 0 Å². The maximum absolute atomic E-state index is 9.69. The van der Waals surface area contributed by atoms with Crippen LogP contribution in [0.15, 0.2) is 12.4 Å². The first-order valence-corrected chi connectivity index (χ1v) is 5.95. The lowest BCUT2D eigenvalue weighted by molar-refractivity contribution is 0.0659. The minimum atomic E-state index is -0.634. The van der Waals surface area contributed by atoms with Crippen LogP contribution in [0.3, 0.4) is 0 Å². The Morgan fingerprint density at radius 1 is 1.53 bits per heavy atom. The van der Waals surface area contributed by atoms with E-state index in [4.69, 9.17) is 4.74 Å². The van der Waals surface area contributed by atoms with Crippen molar-refractivity contribution >= 4 is 0 Å². The Morgan fingerprint density at radius 3 is 2.94 bits per heavy atom. The average Bonchev–Trinajstić information content (AvgIpc) is 2.68. The Morgan fingerprint density at radius 2 is 2.29 bits per heavy atom. The van der Waals surface area contributed by atoms with Crippen LogP contribution in [0.5, 0.6) is 0 Å². The highest BCUT2D eigenvalue weighted by Crippen LogP contribution is 2.10. The Bertz CT molecular complexity index is 318. The molecule has 0 radical (unpaired) electrons. The second-order valence-corrected chi connectivity index (χ2v) is 4.77. The third-order valence-electron chi connectivity index (χ3n) is 2.53. The maximum Gasteiger partial charge on any atom is 0.122 e. The summed E-state index contributed by atoms with van der Waals surface area (Å²) in [7, 11) is 1.69. The molecule has 1 rings (SSSR count). The van der Waals surface area contributed by atoms with E-state index in [1.165, 1.54) is 0 Å². The van der Waals surface area contributed by atoms with Crippen LogP contribution >= 0.6 is 0 Å². The fraction of sp³-hybridized carbons (Fsp3) is 0.750. The fourth-order valence-corrected chi connectivity index (χ4v) is 1.48. The van der Waals surface area contributed by atoms with Gasteiger partial charge in [0, 0.05) is 32.6 Å². The summed E-state index contributed by atoms with van der Waals surface area (Å²) in [5, 5.41) is 12.9. The van der Waals surface area contributed by atoms with Crippen LogP contribution in [-0.2, 0) is 17.8 Å². The second-order valence-electron chi connectivity index (χ2n) is 4.77. The van der Waals surface area contributed by atoms with Crippen molar-refractivity contribution in [2.24, 2.45) is 0 Å². The van der Waals surface area contributed by atoms with Crippen LogP contribution in [0.25, 0.3) is 0 Å². The van der Waals surface area contributed by atoms with Gasteiger partial charge in [-0.15, -0.1) is 0 Å². The van der Waals surface area contributed by atoms with Gasteiger partial charge in [0.2, 0.25) is 0 Å².